The number of nitrogens with two attached hydrogens (primary N) is 1. The monoisotopic (exact) mass is 371 g/mol. The minimum absolute atomic E-state index is 0.311. The molecule has 1 aromatic carbocycles. The maximum atomic E-state index is 6.09. The molecule has 0 saturated heterocycles. The van der Waals surface area contributed by atoms with E-state index in [1.54, 1.807) is 0 Å². The van der Waals surface area contributed by atoms with Crippen molar-refractivity contribution >= 4 is 40.2 Å². The molecule has 0 aliphatic heterocycles. The van der Waals surface area contributed by atoms with E-state index >= 15 is 0 Å². The molecular formula is C18H22ClN7. The summed E-state index contributed by atoms with van der Waals surface area (Å²) in [6.07, 6.45) is 4.10. The van der Waals surface area contributed by atoms with Crippen molar-refractivity contribution < 1.29 is 0 Å². The Morgan fingerprint density at radius 1 is 1.15 bits per heavy atom. The summed E-state index contributed by atoms with van der Waals surface area (Å²) in [6, 6.07) is 8.18. The number of aromatic nitrogens is 4. The van der Waals surface area contributed by atoms with Gasteiger partial charge in [0.1, 0.15) is 11.3 Å². The number of H-pyrrole nitrogens is 1. The molecule has 4 rings (SSSR count). The van der Waals surface area contributed by atoms with Gasteiger partial charge in [-0.25, -0.2) is 4.98 Å². The molecule has 1 fully saturated rings. The molecule has 0 amide bonds. The third-order valence-corrected chi connectivity index (χ3v) is 4.90. The molecule has 0 unspecified atom stereocenters. The molecule has 2 aromatic heterocycles. The van der Waals surface area contributed by atoms with Crippen LogP contribution in [0.4, 0.5) is 17.5 Å². The lowest BCUT2D eigenvalue weighted by Crippen LogP contribution is -2.33. The number of nitrogens with one attached hydrogen (secondary N) is 3. The smallest absolute Gasteiger partial charge is 0.227 e. The quantitative estimate of drug-likeness (QED) is 0.557. The van der Waals surface area contributed by atoms with Gasteiger partial charge in [-0.15, -0.1) is 0 Å². The van der Waals surface area contributed by atoms with E-state index < -0.39 is 0 Å². The second-order valence-electron chi connectivity index (χ2n) is 6.81. The summed E-state index contributed by atoms with van der Waals surface area (Å²) >= 11 is 6.09. The Bertz CT molecular complexity index is 915. The van der Waals surface area contributed by atoms with Crippen molar-refractivity contribution in [2.24, 2.45) is 5.73 Å². The summed E-state index contributed by atoms with van der Waals surface area (Å²) < 4.78 is 0. The Morgan fingerprint density at radius 3 is 2.73 bits per heavy atom. The molecule has 5 N–H and O–H groups in total. The zero-order chi connectivity index (χ0) is 18.1. The van der Waals surface area contributed by atoms with Gasteiger partial charge in [0.05, 0.1) is 0 Å². The summed E-state index contributed by atoms with van der Waals surface area (Å²) in [6.45, 7) is 1.90. The van der Waals surface area contributed by atoms with Gasteiger partial charge in [0, 0.05) is 22.8 Å². The van der Waals surface area contributed by atoms with Crippen molar-refractivity contribution in [3.05, 3.63) is 35.1 Å². The number of imidazole rings is 1. The Kier molecular flexibility index (Phi) is 4.65. The average Bonchev–Trinajstić information content (AvgIpc) is 2.98. The summed E-state index contributed by atoms with van der Waals surface area (Å²) in [7, 11) is 0. The first-order valence-corrected chi connectivity index (χ1v) is 9.23. The minimum Gasteiger partial charge on any atom is -0.351 e. The van der Waals surface area contributed by atoms with Crippen LogP contribution in [0.15, 0.2) is 24.3 Å². The van der Waals surface area contributed by atoms with E-state index in [9.17, 15) is 0 Å². The maximum absolute atomic E-state index is 6.09. The number of aryl methyl sites for hydroxylation is 1. The SMILES string of the molecule is Cc1nc2nc(NC3CCC(N)CC3)nc(Nc3cccc(Cl)c3)c2[nH]1. The predicted molar refractivity (Wildman–Crippen MR) is 105 cm³/mol. The highest BCUT2D eigenvalue weighted by molar-refractivity contribution is 6.30. The molecule has 0 bridgehead atoms. The molecule has 26 heavy (non-hydrogen) atoms. The zero-order valence-corrected chi connectivity index (χ0v) is 15.3. The highest BCUT2D eigenvalue weighted by atomic mass is 35.5. The highest BCUT2D eigenvalue weighted by Gasteiger charge is 2.20. The number of hydrogen-bond donors (Lipinski definition) is 4. The van der Waals surface area contributed by atoms with Crippen LogP contribution in [-0.2, 0) is 0 Å². The maximum Gasteiger partial charge on any atom is 0.227 e. The largest absolute Gasteiger partial charge is 0.351 e. The van der Waals surface area contributed by atoms with E-state index in [0.717, 1.165) is 42.7 Å². The van der Waals surface area contributed by atoms with Crippen LogP contribution in [0.2, 0.25) is 5.02 Å². The van der Waals surface area contributed by atoms with Crippen LogP contribution in [0.3, 0.4) is 0 Å². The Labute approximate surface area is 156 Å². The van der Waals surface area contributed by atoms with Gasteiger partial charge in [0.25, 0.3) is 0 Å². The van der Waals surface area contributed by atoms with E-state index in [0.29, 0.717) is 34.5 Å². The van der Waals surface area contributed by atoms with Crippen molar-refractivity contribution in [1.29, 1.82) is 0 Å². The molecular weight excluding hydrogens is 350 g/mol. The molecule has 7 nitrogen and oxygen atoms in total. The van der Waals surface area contributed by atoms with E-state index in [1.807, 2.05) is 31.2 Å². The summed E-state index contributed by atoms with van der Waals surface area (Å²) in [5, 5.41) is 7.43. The van der Waals surface area contributed by atoms with Crippen LogP contribution in [0.5, 0.6) is 0 Å². The average molecular weight is 372 g/mol. The lowest BCUT2D eigenvalue weighted by Gasteiger charge is -2.26. The van der Waals surface area contributed by atoms with Crippen LogP contribution in [0.1, 0.15) is 31.5 Å². The molecule has 136 valence electrons. The molecule has 0 atom stereocenters. The van der Waals surface area contributed by atoms with Crippen LogP contribution < -0.4 is 16.4 Å². The number of fused-ring (bicyclic) bond motifs is 1. The van der Waals surface area contributed by atoms with Crippen LogP contribution in [0.25, 0.3) is 11.2 Å². The van der Waals surface area contributed by atoms with Gasteiger partial charge in [-0.1, -0.05) is 17.7 Å². The van der Waals surface area contributed by atoms with Crippen molar-refractivity contribution in [1.82, 2.24) is 19.9 Å². The fourth-order valence-corrected chi connectivity index (χ4v) is 3.51. The van der Waals surface area contributed by atoms with Crippen molar-refractivity contribution in [3.63, 3.8) is 0 Å². The topological polar surface area (TPSA) is 105 Å². The van der Waals surface area contributed by atoms with E-state index in [4.69, 9.17) is 17.3 Å². The number of rotatable bonds is 4. The second-order valence-corrected chi connectivity index (χ2v) is 7.24. The number of benzene rings is 1. The van der Waals surface area contributed by atoms with Gasteiger partial charge >= 0.3 is 0 Å². The third-order valence-electron chi connectivity index (χ3n) is 4.66. The lowest BCUT2D eigenvalue weighted by molar-refractivity contribution is 0.410. The van der Waals surface area contributed by atoms with Gasteiger partial charge in [-0.05, 0) is 50.8 Å². The molecule has 0 spiro atoms. The van der Waals surface area contributed by atoms with Gasteiger partial charge in [0.2, 0.25) is 5.95 Å². The lowest BCUT2D eigenvalue weighted by atomic mass is 9.92. The highest BCUT2D eigenvalue weighted by Crippen LogP contribution is 2.26. The summed E-state index contributed by atoms with van der Waals surface area (Å²) in [4.78, 5) is 16.9. The molecule has 0 radical (unpaired) electrons. The Morgan fingerprint density at radius 2 is 1.96 bits per heavy atom. The molecule has 1 aliphatic rings. The Hall–Kier alpha value is -2.38. The number of aromatic amines is 1. The van der Waals surface area contributed by atoms with E-state index in [1.165, 1.54) is 0 Å². The molecule has 1 aliphatic carbocycles. The van der Waals surface area contributed by atoms with Crippen LogP contribution in [0, 0.1) is 6.92 Å². The first-order chi connectivity index (χ1) is 12.6. The number of halogens is 1. The first kappa shape index (κ1) is 17.1. The summed E-state index contributed by atoms with van der Waals surface area (Å²) in [5.74, 6) is 2.05. The fraction of sp³-hybridized carbons (Fsp3) is 0.389. The number of hydrogen-bond acceptors (Lipinski definition) is 6. The fourth-order valence-electron chi connectivity index (χ4n) is 3.32. The standard InChI is InChI=1S/C18H22ClN7/c1-10-21-15-16(22-10)25-18(24-13-7-5-12(20)6-8-13)26-17(15)23-14-4-2-3-11(19)9-14/h2-4,9,12-13H,5-8,20H2,1H3,(H3,21,22,23,24,25,26). The zero-order valence-electron chi connectivity index (χ0n) is 14.6. The number of anilines is 3. The van der Waals surface area contributed by atoms with Crippen LogP contribution >= 0.6 is 11.6 Å². The Balaban J connectivity index is 1.64. The van der Waals surface area contributed by atoms with E-state index in [2.05, 4.69) is 30.6 Å². The van der Waals surface area contributed by atoms with Crippen LogP contribution in [-0.4, -0.2) is 32.0 Å². The van der Waals surface area contributed by atoms with Crippen molar-refractivity contribution in [2.75, 3.05) is 10.6 Å². The van der Waals surface area contributed by atoms with Gasteiger partial charge in [0.15, 0.2) is 11.5 Å². The van der Waals surface area contributed by atoms with Crippen molar-refractivity contribution in [3.8, 4) is 0 Å². The second kappa shape index (κ2) is 7.09. The first-order valence-electron chi connectivity index (χ1n) is 8.86. The molecule has 3 aromatic rings. The van der Waals surface area contributed by atoms with Gasteiger partial charge in [-0.2, -0.15) is 9.97 Å². The predicted octanol–water partition coefficient (Wildman–Crippen LogP) is 3.74. The normalized spacial score (nSPS) is 20.3. The summed E-state index contributed by atoms with van der Waals surface area (Å²) in [5.41, 5.74) is 8.27. The van der Waals surface area contributed by atoms with Crippen molar-refractivity contribution in [2.45, 2.75) is 44.7 Å². The molecule has 8 heteroatoms. The van der Waals surface area contributed by atoms with Gasteiger partial charge < -0.3 is 21.4 Å². The molecule has 1 saturated carbocycles. The third kappa shape index (κ3) is 3.73. The van der Waals surface area contributed by atoms with Gasteiger partial charge in [-0.3, -0.25) is 0 Å². The van der Waals surface area contributed by atoms with E-state index in [-0.39, 0.29) is 0 Å². The minimum atomic E-state index is 0.311. The molecule has 2 heterocycles. The number of nitrogens with zero attached hydrogens (tertiary/aromatic N) is 3.